The number of benzene rings is 2. The molecule has 2 aromatic rings. The van der Waals surface area contributed by atoms with Gasteiger partial charge in [0.05, 0.1) is 28.9 Å². The highest BCUT2D eigenvalue weighted by Gasteiger charge is 2.05. The molecule has 124 valence electrons. The highest BCUT2D eigenvalue weighted by molar-refractivity contribution is 7.80. The topological polar surface area (TPSA) is 62.7 Å². The number of ether oxygens (including phenoxy) is 1. The Balaban J connectivity index is 1.94. The van der Waals surface area contributed by atoms with Crippen molar-refractivity contribution in [2.75, 3.05) is 12.4 Å². The first kappa shape index (κ1) is 18.2. The molecule has 2 aromatic carbocycles. The number of hydrazone groups is 1. The Morgan fingerprint density at radius 3 is 2.38 bits per heavy atom. The molecule has 2 rings (SSSR count). The third kappa shape index (κ3) is 4.92. The van der Waals surface area contributed by atoms with Gasteiger partial charge in [0.25, 0.3) is 0 Å². The van der Waals surface area contributed by atoms with E-state index in [0.717, 1.165) is 0 Å². The van der Waals surface area contributed by atoms with Gasteiger partial charge in [-0.1, -0.05) is 29.3 Å². The number of halogens is 2. The van der Waals surface area contributed by atoms with Crippen LogP contribution in [0.1, 0.15) is 15.9 Å². The van der Waals surface area contributed by atoms with E-state index < -0.39 is 5.97 Å². The summed E-state index contributed by atoms with van der Waals surface area (Å²) in [6.45, 7) is 0. The van der Waals surface area contributed by atoms with Crippen LogP contribution in [0.15, 0.2) is 47.6 Å². The fourth-order valence-electron chi connectivity index (χ4n) is 1.76. The van der Waals surface area contributed by atoms with E-state index in [1.54, 1.807) is 42.5 Å². The Morgan fingerprint density at radius 2 is 1.79 bits per heavy atom. The Kier molecular flexibility index (Phi) is 6.54. The van der Waals surface area contributed by atoms with Crippen molar-refractivity contribution >= 4 is 58.4 Å². The summed E-state index contributed by atoms with van der Waals surface area (Å²) in [6.07, 6.45) is 1.49. The minimum Gasteiger partial charge on any atom is -0.465 e. The molecule has 0 aliphatic rings. The van der Waals surface area contributed by atoms with Gasteiger partial charge in [-0.15, -0.1) is 0 Å². The molecule has 0 radical (unpaired) electrons. The van der Waals surface area contributed by atoms with Crippen LogP contribution >= 0.6 is 35.4 Å². The first-order chi connectivity index (χ1) is 11.5. The van der Waals surface area contributed by atoms with E-state index in [1.165, 1.54) is 13.3 Å². The molecule has 0 amide bonds. The van der Waals surface area contributed by atoms with Gasteiger partial charge in [-0.25, -0.2) is 4.79 Å². The largest absolute Gasteiger partial charge is 0.465 e. The van der Waals surface area contributed by atoms with E-state index in [0.29, 0.717) is 26.9 Å². The Labute approximate surface area is 154 Å². The predicted octanol–water partition coefficient (Wildman–Crippen LogP) is 4.10. The maximum Gasteiger partial charge on any atom is 0.337 e. The molecule has 0 aromatic heterocycles. The second-order valence-corrected chi connectivity index (χ2v) is 5.75. The number of esters is 1. The minimum absolute atomic E-state index is 0.278. The zero-order chi connectivity index (χ0) is 17.5. The van der Waals surface area contributed by atoms with Crippen LogP contribution < -0.4 is 10.7 Å². The highest BCUT2D eigenvalue weighted by atomic mass is 35.5. The van der Waals surface area contributed by atoms with Gasteiger partial charge in [-0.05, 0) is 48.6 Å². The molecule has 0 fully saturated rings. The lowest BCUT2D eigenvalue weighted by Gasteiger charge is -2.07. The lowest BCUT2D eigenvalue weighted by Crippen LogP contribution is -2.23. The molecule has 0 spiro atoms. The smallest absolute Gasteiger partial charge is 0.337 e. The normalized spacial score (nSPS) is 10.5. The van der Waals surface area contributed by atoms with Crippen molar-refractivity contribution in [2.24, 2.45) is 5.10 Å². The van der Waals surface area contributed by atoms with Crippen molar-refractivity contribution in [2.45, 2.75) is 0 Å². The molecule has 0 heterocycles. The number of methoxy groups -OCH3 is 1. The number of carbonyl (C=O) groups is 1. The van der Waals surface area contributed by atoms with Crippen molar-refractivity contribution in [1.82, 2.24) is 5.43 Å². The van der Waals surface area contributed by atoms with Crippen LogP contribution in [0.3, 0.4) is 0 Å². The fourth-order valence-corrected chi connectivity index (χ4v) is 2.42. The zero-order valence-corrected chi connectivity index (χ0v) is 14.9. The molecule has 0 bridgehead atoms. The number of rotatable bonds is 4. The molecule has 0 aliphatic heterocycles. The van der Waals surface area contributed by atoms with Gasteiger partial charge >= 0.3 is 5.97 Å². The molecular weight excluding hydrogens is 369 g/mol. The first-order valence-electron chi connectivity index (χ1n) is 6.73. The fraction of sp³-hybridized carbons (Fsp3) is 0.0625. The molecule has 0 saturated carbocycles. The zero-order valence-electron chi connectivity index (χ0n) is 12.5. The molecular formula is C16H13Cl2N3O2S. The summed E-state index contributed by atoms with van der Waals surface area (Å²) < 4.78 is 4.63. The van der Waals surface area contributed by atoms with Crippen LogP contribution in [0.25, 0.3) is 0 Å². The lowest BCUT2D eigenvalue weighted by molar-refractivity contribution is 0.0601. The van der Waals surface area contributed by atoms with Crippen LogP contribution in [-0.4, -0.2) is 24.4 Å². The maximum absolute atomic E-state index is 11.4. The van der Waals surface area contributed by atoms with Crippen molar-refractivity contribution in [3.8, 4) is 0 Å². The molecule has 0 unspecified atom stereocenters. The van der Waals surface area contributed by atoms with Gasteiger partial charge < -0.3 is 10.1 Å². The summed E-state index contributed by atoms with van der Waals surface area (Å²) in [6, 6.07) is 11.8. The molecule has 24 heavy (non-hydrogen) atoms. The van der Waals surface area contributed by atoms with E-state index >= 15 is 0 Å². The van der Waals surface area contributed by atoms with Gasteiger partial charge in [-0.2, -0.15) is 5.10 Å². The number of thiocarbonyl (C=S) groups is 1. The standard InChI is InChI=1S/C16H13Cl2N3O2S/c1-23-15(22)10-5-7-11(8-6-10)20-16(24)21-19-9-12-13(17)3-2-4-14(12)18/h2-9H,1H3,(H2,20,21,24)/b19-9-. The average Bonchev–Trinajstić information content (AvgIpc) is 2.57. The number of hydrogen-bond acceptors (Lipinski definition) is 4. The van der Waals surface area contributed by atoms with Crippen LogP contribution in [0.5, 0.6) is 0 Å². The van der Waals surface area contributed by atoms with Crippen LogP contribution in [0.2, 0.25) is 10.0 Å². The monoisotopic (exact) mass is 381 g/mol. The van der Waals surface area contributed by atoms with Gasteiger partial charge in [-0.3, -0.25) is 5.43 Å². The van der Waals surface area contributed by atoms with Crippen molar-refractivity contribution in [1.29, 1.82) is 0 Å². The van der Waals surface area contributed by atoms with Gasteiger partial charge in [0.15, 0.2) is 5.11 Å². The quantitative estimate of drug-likeness (QED) is 0.361. The van der Waals surface area contributed by atoms with Crippen molar-refractivity contribution in [3.05, 3.63) is 63.6 Å². The van der Waals surface area contributed by atoms with Crippen molar-refractivity contribution < 1.29 is 9.53 Å². The van der Waals surface area contributed by atoms with E-state index in [9.17, 15) is 4.79 Å². The minimum atomic E-state index is -0.400. The maximum atomic E-state index is 11.4. The van der Waals surface area contributed by atoms with Gasteiger partial charge in [0, 0.05) is 11.3 Å². The highest BCUT2D eigenvalue weighted by Crippen LogP contribution is 2.22. The molecule has 5 nitrogen and oxygen atoms in total. The average molecular weight is 382 g/mol. The Morgan fingerprint density at radius 1 is 1.17 bits per heavy atom. The molecule has 2 N–H and O–H groups in total. The van der Waals surface area contributed by atoms with Crippen LogP contribution in [-0.2, 0) is 4.74 Å². The second kappa shape index (κ2) is 8.63. The number of hydrogen-bond donors (Lipinski definition) is 2. The summed E-state index contributed by atoms with van der Waals surface area (Å²) in [5.74, 6) is -0.400. The SMILES string of the molecule is COC(=O)c1ccc(NC(=S)N/N=C\c2c(Cl)cccc2Cl)cc1. The Bertz CT molecular complexity index is 759. The van der Waals surface area contributed by atoms with Crippen molar-refractivity contribution in [3.63, 3.8) is 0 Å². The summed E-state index contributed by atoms with van der Waals surface area (Å²) in [4.78, 5) is 11.4. The van der Waals surface area contributed by atoms with E-state index in [-0.39, 0.29) is 5.11 Å². The van der Waals surface area contributed by atoms with E-state index in [1.807, 2.05) is 0 Å². The lowest BCUT2D eigenvalue weighted by atomic mass is 10.2. The molecule has 0 aliphatic carbocycles. The molecule has 0 atom stereocenters. The van der Waals surface area contributed by atoms with Crippen LogP contribution in [0.4, 0.5) is 5.69 Å². The van der Waals surface area contributed by atoms with E-state index in [2.05, 4.69) is 20.6 Å². The summed E-state index contributed by atoms with van der Waals surface area (Å²) in [5, 5.41) is 8.19. The van der Waals surface area contributed by atoms with E-state index in [4.69, 9.17) is 35.4 Å². The molecule has 0 saturated heterocycles. The molecule has 8 heteroatoms. The number of nitrogens with one attached hydrogen (secondary N) is 2. The van der Waals surface area contributed by atoms with Gasteiger partial charge in [0.1, 0.15) is 0 Å². The Hall–Kier alpha value is -2.15. The number of carbonyl (C=O) groups excluding carboxylic acids is 1. The second-order valence-electron chi connectivity index (χ2n) is 4.53. The number of nitrogens with zero attached hydrogens (tertiary/aromatic N) is 1. The van der Waals surface area contributed by atoms with Gasteiger partial charge in [0.2, 0.25) is 0 Å². The number of anilines is 1. The summed E-state index contributed by atoms with van der Waals surface area (Å²) in [5.41, 5.74) is 4.41. The summed E-state index contributed by atoms with van der Waals surface area (Å²) in [7, 11) is 1.33. The first-order valence-corrected chi connectivity index (χ1v) is 7.90. The van der Waals surface area contributed by atoms with Crippen LogP contribution in [0, 0.1) is 0 Å². The third-order valence-electron chi connectivity index (χ3n) is 2.92. The summed E-state index contributed by atoms with van der Waals surface area (Å²) >= 11 is 17.2. The predicted molar refractivity (Wildman–Crippen MR) is 101 cm³/mol. The third-order valence-corrected chi connectivity index (χ3v) is 3.78.